The number of rotatable bonds is 5. The van der Waals surface area contributed by atoms with E-state index in [0.29, 0.717) is 29.2 Å². The first-order valence-electron chi connectivity index (χ1n) is 6.99. The van der Waals surface area contributed by atoms with Gasteiger partial charge in [-0.25, -0.2) is 0 Å². The molecule has 0 unspecified atom stereocenters. The van der Waals surface area contributed by atoms with Crippen molar-refractivity contribution < 1.29 is 14.3 Å². The highest BCUT2D eigenvalue weighted by Gasteiger charge is 2.19. The van der Waals surface area contributed by atoms with Gasteiger partial charge in [0.15, 0.2) is 5.78 Å². The second-order valence-electron chi connectivity index (χ2n) is 4.97. The van der Waals surface area contributed by atoms with Crippen LogP contribution in [0.3, 0.4) is 0 Å². The minimum Gasteiger partial charge on any atom is -0.496 e. The molecule has 0 radical (unpaired) electrons. The van der Waals surface area contributed by atoms with E-state index in [4.69, 9.17) is 9.47 Å². The lowest BCUT2D eigenvalue weighted by molar-refractivity contribution is 0.103. The van der Waals surface area contributed by atoms with Gasteiger partial charge < -0.3 is 9.47 Å². The van der Waals surface area contributed by atoms with Crippen molar-refractivity contribution in [2.75, 3.05) is 13.7 Å². The minimum absolute atomic E-state index is 0.0808. The Bertz CT molecular complexity index is 660. The van der Waals surface area contributed by atoms with Crippen molar-refractivity contribution in [2.45, 2.75) is 20.8 Å². The minimum atomic E-state index is -0.0808. The van der Waals surface area contributed by atoms with Crippen LogP contribution in [0.25, 0.3) is 0 Å². The monoisotopic (exact) mass is 284 g/mol. The van der Waals surface area contributed by atoms with E-state index >= 15 is 0 Å². The molecule has 0 bridgehead atoms. The zero-order valence-corrected chi connectivity index (χ0v) is 12.9. The lowest BCUT2D eigenvalue weighted by Crippen LogP contribution is -2.08. The van der Waals surface area contributed by atoms with Crippen LogP contribution in [0.5, 0.6) is 11.5 Å². The molecule has 2 rings (SSSR count). The van der Waals surface area contributed by atoms with Gasteiger partial charge in [-0.2, -0.15) is 0 Å². The Morgan fingerprint density at radius 2 is 1.48 bits per heavy atom. The third-order valence-corrected chi connectivity index (χ3v) is 3.28. The molecule has 21 heavy (non-hydrogen) atoms. The summed E-state index contributed by atoms with van der Waals surface area (Å²) in [7, 11) is 1.57. The van der Waals surface area contributed by atoms with Crippen molar-refractivity contribution in [3.05, 3.63) is 58.7 Å². The number of aryl methyl sites for hydroxylation is 2. The van der Waals surface area contributed by atoms with Crippen molar-refractivity contribution in [1.82, 2.24) is 0 Å². The van der Waals surface area contributed by atoms with Gasteiger partial charge in [0.1, 0.15) is 11.5 Å². The summed E-state index contributed by atoms with van der Waals surface area (Å²) in [5.74, 6) is 1.11. The number of benzene rings is 2. The number of hydrogen-bond donors (Lipinski definition) is 0. The van der Waals surface area contributed by atoms with Crippen LogP contribution in [0.4, 0.5) is 0 Å². The average Bonchev–Trinajstić information content (AvgIpc) is 2.48. The van der Waals surface area contributed by atoms with E-state index in [0.717, 1.165) is 11.1 Å². The van der Waals surface area contributed by atoms with E-state index in [9.17, 15) is 4.79 Å². The predicted octanol–water partition coefficient (Wildman–Crippen LogP) is 3.94. The van der Waals surface area contributed by atoms with E-state index in [-0.39, 0.29) is 5.78 Å². The van der Waals surface area contributed by atoms with Crippen LogP contribution in [0.2, 0.25) is 0 Å². The van der Waals surface area contributed by atoms with Gasteiger partial charge in [-0.3, -0.25) is 4.79 Å². The Kier molecular flexibility index (Phi) is 4.63. The van der Waals surface area contributed by atoms with Gasteiger partial charge >= 0.3 is 0 Å². The van der Waals surface area contributed by atoms with Gasteiger partial charge in [-0.05, 0) is 45.0 Å². The molecule has 3 heteroatoms. The molecule has 2 aromatic rings. The molecule has 0 aliphatic rings. The molecular weight excluding hydrogens is 264 g/mol. The van der Waals surface area contributed by atoms with Crippen LogP contribution in [-0.2, 0) is 0 Å². The summed E-state index contributed by atoms with van der Waals surface area (Å²) in [6.07, 6.45) is 0. The largest absolute Gasteiger partial charge is 0.496 e. The lowest BCUT2D eigenvalue weighted by Gasteiger charge is -2.13. The van der Waals surface area contributed by atoms with Crippen LogP contribution < -0.4 is 9.47 Å². The van der Waals surface area contributed by atoms with Crippen molar-refractivity contribution in [3.8, 4) is 11.5 Å². The molecule has 0 aliphatic carbocycles. The van der Waals surface area contributed by atoms with E-state index in [1.54, 1.807) is 7.11 Å². The van der Waals surface area contributed by atoms with E-state index in [1.807, 2.05) is 57.2 Å². The molecule has 0 spiro atoms. The Morgan fingerprint density at radius 1 is 0.952 bits per heavy atom. The highest BCUT2D eigenvalue weighted by atomic mass is 16.5. The molecule has 0 saturated heterocycles. The smallest absolute Gasteiger partial charge is 0.200 e. The number of carbonyl (C=O) groups is 1. The fraction of sp³-hybridized carbons (Fsp3) is 0.278. The van der Waals surface area contributed by atoms with Crippen molar-refractivity contribution in [3.63, 3.8) is 0 Å². The summed E-state index contributed by atoms with van der Waals surface area (Å²) >= 11 is 0. The summed E-state index contributed by atoms with van der Waals surface area (Å²) in [6, 6.07) is 11.2. The predicted molar refractivity (Wildman–Crippen MR) is 83.5 cm³/mol. The van der Waals surface area contributed by atoms with Gasteiger partial charge in [-0.1, -0.05) is 23.3 Å². The SMILES string of the molecule is CCOc1ccc(C)cc1C(=O)c1cc(C)ccc1OC. The molecule has 0 N–H and O–H groups in total. The molecular formula is C18H20O3. The normalized spacial score (nSPS) is 10.3. The number of ketones is 1. The van der Waals surface area contributed by atoms with Crippen molar-refractivity contribution in [2.24, 2.45) is 0 Å². The van der Waals surface area contributed by atoms with Crippen molar-refractivity contribution in [1.29, 1.82) is 0 Å². The summed E-state index contributed by atoms with van der Waals surface area (Å²) < 4.78 is 10.9. The first kappa shape index (κ1) is 15.1. The van der Waals surface area contributed by atoms with Gasteiger partial charge in [0.2, 0.25) is 0 Å². The van der Waals surface area contributed by atoms with E-state index in [1.165, 1.54) is 0 Å². The van der Waals surface area contributed by atoms with E-state index in [2.05, 4.69) is 0 Å². The fourth-order valence-electron chi connectivity index (χ4n) is 2.25. The second kappa shape index (κ2) is 6.44. The summed E-state index contributed by atoms with van der Waals surface area (Å²) in [5.41, 5.74) is 3.17. The standard InChI is InChI=1S/C18H20O3/c1-5-21-17-9-7-13(3)11-15(17)18(19)14-10-12(2)6-8-16(14)20-4/h6-11H,5H2,1-4H3. The Balaban J connectivity index is 2.54. The summed E-state index contributed by atoms with van der Waals surface area (Å²) in [5, 5.41) is 0. The Labute approximate surface area is 125 Å². The molecule has 0 amide bonds. The first-order chi connectivity index (χ1) is 10.1. The van der Waals surface area contributed by atoms with Crippen LogP contribution in [0.1, 0.15) is 34.0 Å². The van der Waals surface area contributed by atoms with Gasteiger partial charge in [-0.15, -0.1) is 0 Å². The second-order valence-corrected chi connectivity index (χ2v) is 4.97. The molecule has 0 fully saturated rings. The highest BCUT2D eigenvalue weighted by Crippen LogP contribution is 2.28. The van der Waals surface area contributed by atoms with Crippen LogP contribution in [-0.4, -0.2) is 19.5 Å². The van der Waals surface area contributed by atoms with Gasteiger partial charge in [0, 0.05) is 0 Å². The fourth-order valence-corrected chi connectivity index (χ4v) is 2.25. The maximum Gasteiger partial charge on any atom is 0.200 e. The van der Waals surface area contributed by atoms with Gasteiger partial charge in [0.05, 0.1) is 24.8 Å². The van der Waals surface area contributed by atoms with Crippen molar-refractivity contribution >= 4 is 5.78 Å². The third-order valence-electron chi connectivity index (χ3n) is 3.28. The molecule has 3 nitrogen and oxygen atoms in total. The Hall–Kier alpha value is -2.29. The Morgan fingerprint density at radius 3 is 2.00 bits per heavy atom. The van der Waals surface area contributed by atoms with Crippen LogP contribution in [0, 0.1) is 13.8 Å². The summed E-state index contributed by atoms with van der Waals surface area (Å²) in [4.78, 5) is 12.9. The maximum absolute atomic E-state index is 12.9. The zero-order valence-electron chi connectivity index (χ0n) is 12.9. The molecule has 0 heterocycles. The molecule has 0 saturated carbocycles. The number of methoxy groups -OCH3 is 1. The van der Waals surface area contributed by atoms with Gasteiger partial charge in [0.25, 0.3) is 0 Å². The highest BCUT2D eigenvalue weighted by molar-refractivity contribution is 6.12. The quantitative estimate of drug-likeness (QED) is 0.780. The lowest BCUT2D eigenvalue weighted by atomic mass is 9.98. The van der Waals surface area contributed by atoms with Crippen LogP contribution >= 0.6 is 0 Å². The summed E-state index contributed by atoms with van der Waals surface area (Å²) in [6.45, 7) is 6.34. The number of ether oxygens (including phenoxy) is 2. The number of hydrogen-bond acceptors (Lipinski definition) is 3. The molecule has 0 atom stereocenters. The molecule has 2 aromatic carbocycles. The topological polar surface area (TPSA) is 35.5 Å². The van der Waals surface area contributed by atoms with Crippen LogP contribution in [0.15, 0.2) is 36.4 Å². The number of carbonyl (C=O) groups excluding carboxylic acids is 1. The zero-order chi connectivity index (χ0) is 15.4. The first-order valence-corrected chi connectivity index (χ1v) is 6.99. The third kappa shape index (κ3) is 3.24. The maximum atomic E-state index is 12.9. The molecule has 0 aromatic heterocycles. The average molecular weight is 284 g/mol. The van der Waals surface area contributed by atoms with E-state index < -0.39 is 0 Å². The molecule has 0 aliphatic heterocycles. The molecule has 110 valence electrons.